The van der Waals surface area contributed by atoms with Crippen LogP contribution >= 0.6 is 15.9 Å². The van der Waals surface area contributed by atoms with Gasteiger partial charge in [-0.15, -0.1) is 0 Å². The number of methoxy groups -OCH3 is 1. The zero-order valence-corrected chi connectivity index (χ0v) is 14.7. The summed E-state index contributed by atoms with van der Waals surface area (Å²) in [7, 11) is 1.68. The number of hydrazine groups is 1. The fraction of sp³-hybridized carbons (Fsp3) is 0.625. The smallest absolute Gasteiger partial charge is 0.133 e. The monoisotopic (exact) mass is 355 g/mol. The molecule has 0 bridgehead atoms. The van der Waals surface area contributed by atoms with E-state index >= 15 is 0 Å². The van der Waals surface area contributed by atoms with E-state index in [1.165, 1.54) is 24.8 Å². The molecular formula is C16H26BrN3O. The Labute approximate surface area is 136 Å². The quantitative estimate of drug-likeness (QED) is 0.851. The highest BCUT2D eigenvalue weighted by Gasteiger charge is 2.27. The molecule has 21 heavy (non-hydrogen) atoms. The Morgan fingerprint density at radius 2 is 2.05 bits per heavy atom. The Balaban J connectivity index is 2.13. The fourth-order valence-electron chi connectivity index (χ4n) is 3.02. The van der Waals surface area contributed by atoms with Gasteiger partial charge in [0.2, 0.25) is 0 Å². The number of hydrogen-bond acceptors (Lipinski definition) is 4. The first kappa shape index (κ1) is 16.7. The predicted octanol–water partition coefficient (Wildman–Crippen LogP) is 3.23. The van der Waals surface area contributed by atoms with Crippen molar-refractivity contribution in [2.24, 2.45) is 5.73 Å². The molecule has 0 aromatic heterocycles. The maximum absolute atomic E-state index is 6.00. The third kappa shape index (κ3) is 3.97. The van der Waals surface area contributed by atoms with Crippen molar-refractivity contribution in [2.45, 2.75) is 51.2 Å². The summed E-state index contributed by atoms with van der Waals surface area (Å²) in [4.78, 5) is 0. The molecule has 1 saturated heterocycles. The van der Waals surface area contributed by atoms with Gasteiger partial charge >= 0.3 is 0 Å². The second kappa shape index (κ2) is 7.58. The standard InChI is InChI=1S/C16H26BrN3O/c1-11-5-4-6-12(2)20(11)19-15(10-18)13-7-8-16(21-3)14(17)9-13/h7-9,11-12,15,19H,4-6,10,18H2,1-3H3. The van der Waals surface area contributed by atoms with Gasteiger partial charge in [-0.25, -0.2) is 10.4 Å². The molecule has 0 saturated carbocycles. The van der Waals surface area contributed by atoms with Gasteiger partial charge in [0.05, 0.1) is 17.6 Å². The number of halogens is 1. The van der Waals surface area contributed by atoms with Gasteiger partial charge in [-0.1, -0.05) is 12.5 Å². The van der Waals surface area contributed by atoms with E-state index in [9.17, 15) is 0 Å². The first-order valence-corrected chi connectivity index (χ1v) is 8.44. The molecule has 0 aliphatic carbocycles. The average Bonchev–Trinajstić information content (AvgIpc) is 2.47. The van der Waals surface area contributed by atoms with Crippen LogP contribution in [0.2, 0.25) is 0 Å². The number of ether oxygens (including phenoxy) is 1. The summed E-state index contributed by atoms with van der Waals surface area (Å²) in [6.45, 7) is 5.12. The number of piperidine rings is 1. The van der Waals surface area contributed by atoms with Gasteiger partial charge in [0, 0.05) is 18.6 Å². The molecule has 1 aliphatic heterocycles. The average molecular weight is 356 g/mol. The zero-order valence-electron chi connectivity index (χ0n) is 13.1. The largest absolute Gasteiger partial charge is 0.496 e. The molecule has 1 heterocycles. The van der Waals surface area contributed by atoms with Crippen LogP contribution in [0.25, 0.3) is 0 Å². The third-order valence-electron chi connectivity index (χ3n) is 4.31. The molecule has 1 aliphatic rings. The lowest BCUT2D eigenvalue weighted by Crippen LogP contribution is -2.54. The summed E-state index contributed by atoms with van der Waals surface area (Å²) < 4.78 is 6.25. The number of nitrogens with two attached hydrogens (primary N) is 1. The van der Waals surface area contributed by atoms with Crippen molar-refractivity contribution in [1.29, 1.82) is 0 Å². The van der Waals surface area contributed by atoms with Gasteiger partial charge in [-0.2, -0.15) is 0 Å². The van der Waals surface area contributed by atoms with Crippen LogP contribution in [0.4, 0.5) is 0 Å². The number of hydrogen-bond donors (Lipinski definition) is 2. The van der Waals surface area contributed by atoms with Crippen LogP contribution in [0, 0.1) is 0 Å². The Morgan fingerprint density at radius 1 is 1.38 bits per heavy atom. The van der Waals surface area contributed by atoms with Crippen molar-refractivity contribution in [3.63, 3.8) is 0 Å². The van der Waals surface area contributed by atoms with E-state index in [1.807, 2.05) is 6.07 Å². The maximum Gasteiger partial charge on any atom is 0.133 e. The van der Waals surface area contributed by atoms with Crippen LogP contribution in [0.3, 0.4) is 0 Å². The Kier molecular flexibility index (Phi) is 6.05. The van der Waals surface area contributed by atoms with Crippen molar-refractivity contribution < 1.29 is 4.74 Å². The molecule has 1 aromatic rings. The number of nitrogens with zero attached hydrogens (tertiary/aromatic N) is 1. The summed E-state index contributed by atoms with van der Waals surface area (Å²) in [6, 6.07) is 7.35. The van der Waals surface area contributed by atoms with Gasteiger partial charge in [0.15, 0.2) is 0 Å². The third-order valence-corrected chi connectivity index (χ3v) is 4.93. The fourth-order valence-corrected chi connectivity index (χ4v) is 3.58. The molecule has 118 valence electrons. The highest BCUT2D eigenvalue weighted by atomic mass is 79.9. The molecule has 1 fully saturated rings. The summed E-state index contributed by atoms with van der Waals surface area (Å²) in [5.74, 6) is 0.842. The summed E-state index contributed by atoms with van der Waals surface area (Å²) in [5.41, 5.74) is 10.8. The lowest BCUT2D eigenvalue weighted by atomic mass is 9.99. The topological polar surface area (TPSA) is 50.5 Å². The van der Waals surface area contributed by atoms with E-state index in [0.717, 1.165) is 10.2 Å². The van der Waals surface area contributed by atoms with Gasteiger partial charge in [-0.3, -0.25) is 0 Å². The van der Waals surface area contributed by atoms with E-state index in [0.29, 0.717) is 18.6 Å². The van der Waals surface area contributed by atoms with E-state index in [-0.39, 0.29) is 6.04 Å². The van der Waals surface area contributed by atoms with Crippen molar-refractivity contribution >= 4 is 15.9 Å². The second-order valence-electron chi connectivity index (χ2n) is 5.85. The minimum absolute atomic E-state index is 0.121. The SMILES string of the molecule is COc1ccc(C(CN)NN2C(C)CCCC2C)cc1Br. The highest BCUT2D eigenvalue weighted by molar-refractivity contribution is 9.10. The minimum Gasteiger partial charge on any atom is -0.496 e. The molecule has 3 atom stereocenters. The molecule has 0 spiro atoms. The van der Waals surface area contributed by atoms with Gasteiger partial charge < -0.3 is 10.5 Å². The molecule has 3 N–H and O–H groups in total. The van der Waals surface area contributed by atoms with Gasteiger partial charge in [-0.05, 0) is 60.3 Å². The van der Waals surface area contributed by atoms with Crippen LogP contribution in [-0.4, -0.2) is 30.7 Å². The van der Waals surface area contributed by atoms with E-state index in [1.54, 1.807) is 7.11 Å². The summed E-state index contributed by atoms with van der Waals surface area (Å²) >= 11 is 3.55. The molecule has 0 amide bonds. The Bertz CT molecular complexity index is 459. The number of nitrogens with one attached hydrogen (secondary N) is 1. The maximum atomic E-state index is 6.00. The predicted molar refractivity (Wildman–Crippen MR) is 90.2 cm³/mol. The van der Waals surface area contributed by atoms with Crippen molar-refractivity contribution in [3.05, 3.63) is 28.2 Å². The van der Waals surface area contributed by atoms with Crippen LogP contribution in [-0.2, 0) is 0 Å². The molecule has 5 heteroatoms. The molecule has 1 aromatic carbocycles. The van der Waals surface area contributed by atoms with E-state index in [2.05, 4.69) is 52.3 Å². The summed E-state index contributed by atoms with van der Waals surface area (Å²) in [5, 5.41) is 2.37. The van der Waals surface area contributed by atoms with Crippen molar-refractivity contribution in [3.8, 4) is 5.75 Å². The Hall–Kier alpha value is -0.620. The highest BCUT2D eigenvalue weighted by Crippen LogP contribution is 2.29. The van der Waals surface area contributed by atoms with Crippen LogP contribution in [0.1, 0.15) is 44.7 Å². The van der Waals surface area contributed by atoms with Crippen molar-refractivity contribution in [1.82, 2.24) is 10.4 Å². The molecule has 0 radical (unpaired) electrons. The number of benzene rings is 1. The minimum atomic E-state index is 0.121. The second-order valence-corrected chi connectivity index (χ2v) is 6.70. The normalized spacial score (nSPS) is 24.8. The first-order chi connectivity index (χ1) is 10.1. The molecule has 2 rings (SSSR count). The Morgan fingerprint density at radius 3 is 2.57 bits per heavy atom. The molecule has 3 unspecified atom stereocenters. The zero-order chi connectivity index (χ0) is 15.4. The lowest BCUT2D eigenvalue weighted by molar-refractivity contribution is 0.0304. The van der Waals surface area contributed by atoms with Gasteiger partial charge in [0.1, 0.15) is 5.75 Å². The van der Waals surface area contributed by atoms with Crippen LogP contribution in [0.5, 0.6) is 5.75 Å². The van der Waals surface area contributed by atoms with E-state index in [4.69, 9.17) is 10.5 Å². The van der Waals surface area contributed by atoms with Crippen molar-refractivity contribution in [2.75, 3.05) is 13.7 Å². The molecule has 4 nitrogen and oxygen atoms in total. The van der Waals surface area contributed by atoms with Gasteiger partial charge in [0.25, 0.3) is 0 Å². The number of rotatable bonds is 5. The lowest BCUT2D eigenvalue weighted by Gasteiger charge is -2.41. The van der Waals surface area contributed by atoms with Crippen LogP contribution < -0.4 is 15.9 Å². The molecular weight excluding hydrogens is 330 g/mol. The van der Waals surface area contributed by atoms with Crippen LogP contribution in [0.15, 0.2) is 22.7 Å². The first-order valence-electron chi connectivity index (χ1n) is 7.64. The van der Waals surface area contributed by atoms with E-state index < -0.39 is 0 Å². The summed E-state index contributed by atoms with van der Waals surface area (Å²) in [6.07, 6.45) is 3.78.